The minimum atomic E-state index is -1.76. The van der Waals surface area contributed by atoms with Gasteiger partial charge >= 0.3 is 5.97 Å². The van der Waals surface area contributed by atoms with E-state index in [9.17, 15) is 82.1 Å². The average Bonchev–Trinajstić information content (AvgIpc) is 0.859. The molecule has 604 valence electrons. The van der Waals surface area contributed by atoms with E-state index >= 15 is 0 Å². The molecule has 108 heavy (non-hydrogen) atoms. The second-order valence-corrected chi connectivity index (χ2v) is 27.6. The molecule has 0 unspecified atom stereocenters. The number of nitrogens with one attached hydrogen (secondary N) is 16. The lowest BCUT2D eigenvalue weighted by molar-refractivity contribution is -0.142. The number of benzene rings is 1. The SMILES string of the molecule is CC(C)[C@H](NC(=O)[C@H](CC(N)=O)NC(=O)[C@H](C)NC(=O)[C@H](C)NC(=O)[C@H](Cc1ccccc1)NC(=O)[C@@H](N)CCCCN)C(=O)N[C@H](C(=O)N[C@@H](CCCNC(=N)N)C(=O)N[C@@H](CCCCN)C(=O)N[C@@H](CS)C(=O)N[C@H](C(=O)N[C@H](C(=O)N[C@@H](Cc1c[nH]cn1)C(=O)N[C@@H](C)C(=O)O)[C@@H](C)O)C(C)C)C(C)C. The number of hydrogen-bond acceptors (Lipinski definition) is 22. The van der Waals surface area contributed by atoms with Crippen molar-refractivity contribution in [2.75, 3.05) is 25.4 Å². The maximum absolute atomic E-state index is 14.5. The third-order valence-corrected chi connectivity index (χ3v) is 17.3. The van der Waals surface area contributed by atoms with E-state index in [0.717, 1.165) is 0 Å². The molecule has 0 fully saturated rings. The third kappa shape index (κ3) is 33.8. The molecule has 39 nitrogen and oxygen atoms in total. The first-order valence-corrected chi connectivity index (χ1v) is 36.4. The Labute approximate surface area is 633 Å². The van der Waals surface area contributed by atoms with Crippen molar-refractivity contribution in [3.8, 4) is 0 Å². The quantitative estimate of drug-likeness (QED) is 0.0127. The number of nitrogens with two attached hydrogens (primary N) is 5. The summed E-state index contributed by atoms with van der Waals surface area (Å²) >= 11 is 4.29. The van der Waals surface area contributed by atoms with E-state index in [1.165, 1.54) is 54.1 Å². The lowest BCUT2D eigenvalue weighted by Crippen LogP contribution is -2.63. The van der Waals surface area contributed by atoms with Gasteiger partial charge in [0.05, 0.1) is 30.6 Å². The standard InChI is InChI=1S/C68H114N22O17S/c1-33(2)50(89-64(103)51(34(3)4)87-61(100)47(29-49(72)92)83-55(94)37(8)78-54(93)36(7)79-59(98)45(27-40-19-12-11-13-20-40)84-56(95)42(71)21-14-16-24-69)63(102)82-44(23-18-26-76-68(73)74)57(96)81-43(22-15-17-25-70)58(97)86-48(31-108)62(101)88-52(35(5)6)65(104)90-53(39(10)91)66(105)85-46(28-41-30-75-32-77-41)60(99)80-38(9)67(106)107/h11-13,19-20,30,32-39,42-48,50-53,91,108H,14-18,21-29,31,69-71H2,1-10H3,(H2,72,92)(H,75,77)(H,78,93)(H,79,98)(H,80,99)(H,81,96)(H,82,102)(H,83,94)(H,84,95)(H,85,105)(H,86,97)(H,87,100)(H,88,101)(H,89,103)(H,90,104)(H,106,107)(H4,73,74,76)/t36-,37-,38-,39+,42-,43-,44-,45-,46-,47-,48-,50-,51-,52-,53-/m0/s1. The van der Waals surface area contributed by atoms with E-state index in [0.29, 0.717) is 43.5 Å². The lowest BCUT2D eigenvalue weighted by atomic mass is 9.98. The van der Waals surface area contributed by atoms with Crippen molar-refractivity contribution in [1.29, 1.82) is 5.41 Å². The molecule has 0 saturated heterocycles. The van der Waals surface area contributed by atoms with E-state index in [1.54, 1.807) is 58.0 Å². The number of aliphatic carboxylic acids is 1. The van der Waals surface area contributed by atoms with Crippen LogP contribution in [0.15, 0.2) is 42.9 Å². The number of carbonyl (C=O) groups is 15. The Balaban J connectivity index is 2.35. The molecule has 0 radical (unpaired) electrons. The highest BCUT2D eigenvalue weighted by Crippen LogP contribution is 2.14. The summed E-state index contributed by atoms with van der Waals surface area (Å²) in [7, 11) is 0. The summed E-state index contributed by atoms with van der Waals surface area (Å²) in [6.07, 6.45) is 2.05. The first-order valence-electron chi connectivity index (χ1n) is 35.8. The summed E-state index contributed by atoms with van der Waals surface area (Å²) in [6, 6.07) is -11.3. The number of H-pyrrole nitrogens is 1. The van der Waals surface area contributed by atoms with Crippen molar-refractivity contribution >= 4 is 107 Å². The molecule has 14 amide bonds. The van der Waals surface area contributed by atoms with Gasteiger partial charge in [-0.25, -0.2) is 4.98 Å². The Morgan fingerprint density at radius 2 is 0.852 bits per heavy atom. The largest absolute Gasteiger partial charge is 0.480 e. The Bertz CT molecular complexity index is 3330. The zero-order chi connectivity index (χ0) is 81.7. The fourth-order valence-electron chi connectivity index (χ4n) is 10.5. The number of carboxylic acids is 1. The predicted molar refractivity (Wildman–Crippen MR) is 399 cm³/mol. The van der Waals surface area contributed by atoms with Crippen LogP contribution in [0.4, 0.5) is 0 Å². The van der Waals surface area contributed by atoms with E-state index in [1.807, 2.05) is 0 Å². The molecule has 2 rings (SSSR count). The number of guanidine groups is 1. The number of carbonyl (C=O) groups excluding carboxylic acids is 14. The number of primary amides is 1. The smallest absolute Gasteiger partial charge is 0.325 e. The Kier molecular flexibility index (Phi) is 42.0. The predicted octanol–water partition coefficient (Wildman–Crippen LogP) is -6.36. The zero-order valence-electron chi connectivity index (χ0n) is 62.8. The maximum Gasteiger partial charge on any atom is 0.325 e. The Morgan fingerprint density at radius 3 is 1.32 bits per heavy atom. The van der Waals surface area contributed by atoms with Crippen molar-refractivity contribution < 1.29 is 82.1 Å². The molecule has 1 aromatic carbocycles. The number of unbranched alkanes of at least 4 members (excludes halogenated alkanes) is 2. The number of aromatic nitrogens is 2. The van der Waals surface area contributed by atoms with Crippen LogP contribution in [-0.4, -0.2) is 231 Å². The van der Waals surface area contributed by atoms with Crippen LogP contribution < -0.4 is 103 Å². The Morgan fingerprint density at radius 1 is 0.463 bits per heavy atom. The fraction of sp³-hybridized carbons (Fsp3) is 0.632. The normalized spacial score (nSPS) is 15.4. The lowest BCUT2D eigenvalue weighted by Gasteiger charge is -2.30. The molecule has 0 saturated carbocycles. The highest BCUT2D eigenvalue weighted by Gasteiger charge is 2.39. The van der Waals surface area contributed by atoms with Crippen molar-refractivity contribution in [1.82, 2.24) is 84.4 Å². The number of aromatic amines is 1. The summed E-state index contributed by atoms with van der Waals surface area (Å²) in [4.78, 5) is 211. The summed E-state index contributed by atoms with van der Waals surface area (Å²) in [5.74, 6) is -17.4. The molecular weight excluding hydrogens is 1430 g/mol. The molecule has 2 aromatic rings. The number of carboxylic acid groups (broad SMARTS) is 1. The molecule has 0 aliphatic heterocycles. The van der Waals surface area contributed by atoms with E-state index in [-0.39, 0.29) is 57.4 Å². The van der Waals surface area contributed by atoms with Gasteiger partial charge in [0.2, 0.25) is 82.7 Å². The highest BCUT2D eigenvalue weighted by molar-refractivity contribution is 7.80. The molecule has 0 spiro atoms. The Hall–Kier alpha value is -10.1. The first-order chi connectivity index (χ1) is 50.8. The van der Waals surface area contributed by atoms with Crippen LogP contribution in [-0.2, 0) is 84.8 Å². The van der Waals surface area contributed by atoms with Crippen LogP contribution in [0.3, 0.4) is 0 Å². The van der Waals surface area contributed by atoms with Gasteiger partial charge in [-0.3, -0.25) is 77.3 Å². The van der Waals surface area contributed by atoms with Gasteiger partial charge in [-0.15, -0.1) is 0 Å². The number of amides is 14. The fourth-order valence-corrected chi connectivity index (χ4v) is 10.7. The second kappa shape index (κ2) is 48.3. The molecule has 1 aromatic heterocycles. The van der Waals surface area contributed by atoms with Crippen LogP contribution in [0.2, 0.25) is 0 Å². The van der Waals surface area contributed by atoms with Crippen molar-refractivity contribution in [3.63, 3.8) is 0 Å². The van der Waals surface area contributed by atoms with Gasteiger partial charge in [0.25, 0.3) is 0 Å². The van der Waals surface area contributed by atoms with E-state index in [2.05, 4.69) is 97.0 Å². The van der Waals surface area contributed by atoms with Crippen LogP contribution in [0.1, 0.15) is 138 Å². The van der Waals surface area contributed by atoms with Gasteiger partial charge in [0.15, 0.2) is 5.96 Å². The second-order valence-electron chi connectivity index (χ2n) is 27.3. The number of nitrogens with zero attached hydrogens (tertiary/aromatic N) is 1. The van der Waals surface area contributed by atoms with Crippen LogP contribution >= 0.6 is 12.6 Å². The molecule has 0 aliphatic rings. The number of aliphatic hydroxyl groups is 1. The molecule has 28 N–H and O–H groups in total. The summed E-state index contributed by atoms with van der Waals surface area (Å²) in [5, 5.41) is 62.9. The third-order valence-electron chi connectivity index (χ3n) is 16.9. The number of aliphatic hydroxyl groups excluding tert-OH is 1. The van der Waals surface area contributed by atoms with Gasteiger partial charge in [-0.05, 0) is 109 Å². The van der Waals surface area contributed by atoms with E-state index < -0.39 is 209 Å². The van der Waals surface area contributed by atoms with Gasteiger partial charge < -0.3 is 118 Å². The van der Waals surface area contributed by atoms with Gasteiger partial charge in [0, 0.05) is 31.3 Å². The molecule has 15 atom stereocenters. The van der Waals surface area contributed by atoms with Crippen LogP contribution in [0.5, 0.6) is 0 Å². The molecule has 0 aliphatic carbocycles. The van der Waals surface area contributed by atoms with Crippen LogP contribution in [0, 0.1) is 23.2 Å². The number of thiol groups is 1. The molecule has 0 bridgehead atoms. The molecule has 40 heteroatoms. The number of hydrogen-bond donors (Lipinski definition) is 24. The van der Waals surface area contributed by atoms with Crippen LogP contribution in [0.25, 0.3) is 0 Å². The monoisotopic (exact) mass is 1540 g/mol. The minimum absolute atomic E-state index is 0.0222. The van der Waals surface area contributed by atoms with Crippen molar-refractivity contribution in [2.45, 2.75) is 231 Å². The zero-order valence-corrected chi connectivity index (χ0v) is 63.7. The van der Waals surface area contributed by atoms with Gasteiger partial charge in [-0.1, -0.05) is 78.3 Å². The minimum Gasteiger partial charge on any atom is -0.480 e. The van der Waals surface area contributed by atoms with Crippen molar-refractivity contribution in [3.05, 3.63) is 54.1 Å². The molecular formula is C68H114N22O17S. The summed E-state index contributed by atoms with van der Waals surface area (Å²) in [5.41, 5.74) is 29.5. The topological polar surface area (TPSA) is 648 Å². The maximum atomic E-state index is 14.5. The van der Waals surface area contributed by atoms with E-state index in [4.69, 9.17) is 34.1 Å². The molecule has 1 heterocycles. The number of rotatable bonds is 50. The van der Waals surface area contributed by atoms with Crippen molar-refractivity contribution in [2.24, 2.45) is 46.4 Å². The number of imidazole rings is 1. The van der Waals surface area contributed by atoms with Gasteiger partial charge in [-0.2, -0.15) is 12.6 Å². The summed E-state index contributed by atoms with van der Waals surface area (Å²) < 4.78 is 0. The van der Waals surface area contributed by atoms with Gasteiger partial charge in [0.1, 0.15) is 78.5 Å². The average molecular weight is 1540 g/mol. The summed E-state index contributed by atoms with van der Waals surface area (Å²) in [6.45, 7) is 14.8. The first kappa shape index (κ1) is 94.0. The highest BCUT2D eigenvalue weighted by atomic mass is 32.1.